The molecule has 248 valence electrons. The molecule has 15 nitrogen and oxygen atoms in total. The van der Waals surface area contributed by atoms with Crippen LogP contribution < -0.4 is 15.4 Å². The van der Waals surface area contributed by atoms with E-state index in [1.54, 1.807) is 19.9 Å². The molecule has 15 heteroatoms. The number of rotatable bonds is 16. The van der Waals surface area contributed by atoms with Crippen LogP contribution in [-0.4, -0.2) is 105 Å². The summed E-state index contributed by atoms with van der Waals surface area (Å²) >= 11 is 0. The number of anilines is 1. The zero-order valence-corrected chi connectivity index (χ0v) is 25.2. The van der Waals surface area contributed by atoms with Gasteiger partial charge in [0.25, 0.3) is 11.8 Å². The van der Waals surface area contributed by atoms with E-state index in [9.17, 15) is 44.4 Å². The van der Waals surface area contributed by atoms with Crippen molar-refractivity contribution in [3.63, 3.8) is 0 Å². The highest BCUT2D eigenvalue weighted by molar-refractivity contribution is 6.12. The number of imide groups is 1. The maximum absolute atomic E-state index is 12.8. The van der Waals surface area contributed by atoms with E-state index in [2.05, 4.69) is 10.6 Å². The average molecular weight is 636 g/mol. The largest absolute Gasteiger partial charge is 0.461 e. The molecule has 0 aromatic heterocycles. The van der Waals surface area contributed by atoms with Gasteiger partial charge < -0.3 is 45.3 Å². The lowest BCUT2D eigenvalue weighted by Crippen LogP contribution is -2.60. The number of aliphatic hydroxyl groups excluding tert-OH is 4. The third-order valence-corrected chi connectivity index (χ3v) is 7.12. The van der Waals surface area contributed by atoms with E-state index in [-0.39, 0.29) is 67.6 Å². The highest BCUT2D eigenvalue weighted by Crippen LogP contribution is 2.31. The zero-order chi connectivity index (χ0) is 33.1. The summed E-state index contributed by atoms with van der Waals surface area (Å²) in [6.07, 6.45) is -3.38. The Kier molecular flexibility index (Phi) is 13.4. The normalized spacial score (nSPS) is 22.9. The summed E-state index contributed by atoms with van der Waals surface area (Å²) in [5.41, 5.74) is 0.620. The number of hydrogen-bond acceptors (Lipinski definition) is 12. The first-order valence-electron chi connectivity index (χ1n) is 14.8. The number of nitrogens with zero attached hydrogens (tertiary/aromatic N) is 1. The van der Waals surface area contributed by atoms with Gasteiger partial charge in [0.15, 0.2) is 0 Å². The molecule has 1 saturated heterocycles. The minimum Gasteiger partial charge on any atom is -0.461 e. The minimum absolute atomic E-state index is 0.0174. The van der Waals surface area contributed by atoms with E-state index in [4.69, 9.17) is 14.2 Å². The van der Waals surface area contributed by atoms with Crippen LogP contribution >= 0.6 is 0 Å². The quantitative estimate of drug-likeness (QED) is 0.0769. The number of aliphatic hydroxyl groups is 4. The average Bonchev–Trinajstić information content (AvgIpc) is 3.33. The van der Waals surface area contributed by atoms with Gasteiger partial charge in [-0.15, -0.1) is 0 Å². The van der Waals surface area contributed by atoms with Gasteiger partial charge in [-0.05, 0) is 30.5 Å². The van der Waals surface area contributed by atoms with Crippen LogP contribution in [-0.2, 0) is 40.1 Å². The molecule has 1 aromatic carbocycles. The molecule has 6 N–H and O–H groups in total. The van der Waals surface area contributed by atoms with Crippen LogP contribution in [0, 0.1) is 5.92 Å². The van der Waals surface area contributed by atoms with Gasteiger partial charge in [0, 0.05) is 38.1 Å². The SMILES string of the molecule is CC(C)C(=O)OCc1ccc(O[C@@H]2O[C@H](CO)[C@H](O)[C@H](O)[C@H]2O)c(NC(=O)CCNC(=O)CCCCCN2C(=O)C=CC2=O)c1. The van der Waals surface area contributed by atoms with E-state index in [0.717, 1.165) is 4.90 Å². The van der Waals surface area contributed by atoms with Crippen LogP contribution in [0.25, 0.3) is 0 Å². The summed E-state index contributed by atoms with van der Waals surface area (Å²) in [6, 6.07) is 4.48. The molecular formula is C30H41N3O12. The molecule has 0 saturated carbocycles. The second-order valence-corrected chi connectivity index (χ2v) is 11.0. The Hall–Kier alpha value is -3.89. The Labute approximate surface area is 260 Å². The van der Waals surface area contributed by atoms with Gasteiger partial charge in [-0.25, -0.2) is 0 Å². The molecule has 0 bridgehead atoms. The smallest absolute Gasteiger partial charge is 0.308 e. The molecule has 1 fully saturated rings. The fourth-order valence-corrected chi connectivity index (χ4v) is 4.48. The van der Waals surface area contributed by atoms with E-state index in [1.807, 2.05) is 0 Å². The van der Waals surface area contributed by atoms with Gasteiger partial charge in [-0.1, -0.05) is 26.3 Å². The number of ether oxygens (including phenoxy) is 3. The maximum atomic E-state index is 12.8. The summed E-state index contributed by atoms with van der Waals surface area (Å²) in [6.45, 7) is 2.93. The van der Waals surface area contributed by atoms with Crippen LogP contribution in [0.2, 0.25) is 0 Å². The van der Waals surface area contributed by atoms with Gasteiger partial charge in [-0.3, -0.25) is 28.9 Å². The number of carbonyl (C=O) groups is 5. The number of carbonyl (C=O) groups excluding carboxylic acids is 5. The maximum Gasteiger partial charge on any atom is 0.308 e. The number of unbranched alkanes of at least 4 members (excludes halogenated alkanes) is 2. The predicted octanol–water partition coefficient (Wildman–Crippen LogP) is -0.505. The van der Waals surface area contributed by atoms with Gasteiger partial charge in [0.2, 0.25) is 18.1 Å². The molecule has 0 radical (unpaired) electrons. The van der Waals surface area contributed by atoms with Gasteiger partial charge in [-0.2, -0.15) is 0 Å². The first-order valence-corrected chi connectivity index (χ1v) is 14.8. The molecule has 5 atom stereocenters. The van der Waals surface area contributed by atoms with Crippen LogP contribution in [0.4, 0.5) is 5.69 Å². The molecule has 0 spiro atoms. The van der Waals surface area contributed by atoms with Crippen molar-refractivity contribution in [3.05, 3.63) is 35.9 Å². The van der Waals surface area contributed by atoms with Crippen molar-refractivity contribution in [1.82, 2.24) is 10.2 Å². The number of nitrogens with one attached hydrogen (secondary N) is 2. The van der Waals surface area contributed by atoms with Gasteiger partial charge >= 0.3 is 5.97 Å². The lowest BCUT2D eigenvalue weighted by Gasteiger charge is -2.39. The molecule has 2 heterocycles. The third-order valence-electron chi connectivity index (χ3n) is 7.12. The van der Waals surface area contributed by atoms with Crippen molar-refractivity contribution in [2.45, 2.75) is 83.3 Å². The number of hydrogen-bond donors (Lipinski definition) is 6. The van der Waals surface area contributed by atoms with Crippen LogP contribution in [0.1, 0.15) is 51.5 Å². The fourth-order valence-electron chi connectivity index (χ4n) is 4.48. The van der Waals surface area contributed by atoms with Crippen LogP contribution in [0.15, 0.2) is 30.4 Å². The first kappa shape index (κ1) is 35.6. The number of benzene rings is 1. The monoisotopic (exact) mass is 635 g/mol. The Morgan fingerprint density at radius 2 is 1.67 bits per heavy atom. The van der Waals surface area contributed by atoms with Crippen molar-refractivity contribution in [1.29, 1.82) is 0 Å². The van der Waals surface area contributed by atoms with E-state index >= 15 is 0 Å². The molecule has 0 aliphatic carbocycles. The summed E-state index contributed by atoms with van der Waals surface area (Å²) < 4.78 is 16.4. The Bertz CT molecular complexity index is 1230. The standard InChI is InChI=1S/C30H41N3O12/c1-17(2)29(42)43-16-18-7-8-20(44-30-28(41)27(40)26(39)21(15-34)45-30)19(14-18)32-23(36)11-12-31-22(35)6-4-3-5-13-33-24(37)9-10-25(33)38/h7-10,14,17,21,26-28,30,34,39-41H,3-6,11-13,15-16H2,1-2H3,(H,31,35)(H,32,36)/t21-,26+,27+,28-,30-/m1/s1. The predicted molar refractivity (Wildman–Crippen MR) is 156 cm³/mol. The third kappa shape index (κ3) is 10.3. The molecule has 1 aromatic rings. The Morgan fingerprint density at radius 1 is 0.956 bits per heavy atom. The minimum atomic E-state index is -1.68. The van der Waals surface area contributed by atoms with Crippen molar-refractivity contribution < 1.29 is 58.6 Å². The number of amides is 4. The molecule has 2 aliphatic rings. The van der Waals surface area contributed by atoms with Crippen molar-refractivity contribution >= 4 is 35.3 Å². The van der Waals surface area contributed by atoms with E-state index in [0.29, 0.717) is 24.8 Å². The first-order chi connectivity index (χ1) is 21.4. The Balaban J connectivity index is 1.53. The molecular weight excluding hydrogens is 594 g/mol. The van der Waals surface area contributed by atoms with Crippen LogP contribution in [0.3, 0.4) is 0 Å². The molecule has 4 amide bonds. The summed E-state index contributed by atoms with van der Waals surface area (Å²) in [4.78, 5) is 61.2. The highest BCUT2D eigenvalue weighted by Gasteiger charge is 2.45. The molecule has 0 unspecified atom stereocenters. The topological polar surface area (TPSA) is 221 Å². The lowest BCUT2D eigenvalue weighted by molar-refractivity contribution is -0.277. The summed E-state index contributed by atoms with van der Waals surface area (Å²) in [5.74, 6) is -2.21. The zero-order valence-electron chi connectivity index (χ0n) is 25.2. The van der Waals surface area contributed by atoms with Crippen LogP contribution in [0.5, 0.6) is 5.75 Å². The molecule has 2 aliphatic heterocycles. The lowest BCUT2D eigenvalue weighted by atomic mass is 9.99. The fraction of sp³-hybridized carbons (Fsp3) is 0.567. The Morgan fingerprint density at radius 3 is 2.33 bits per heavy atom. The summed E-state index contributed by atoms with van der Waals surface area (Å²) in [7, 11) is 0. The second-order valence-electron chi connectivity index (χ2n) is 11.0. The van der Waals surface area contributed by atoms with Crippen molar-refractivity contribution in [2.24, 2.45) is 5.92 Å². The molecule has 3 rings (SSSR count). The number of esters is 1. The molecule has 45 heavy (non-hydrogen) atoms. The van der Waals surface area contributed by atoms with E-state index < -0.39 is 49.2 Å². The second kappa shape index (κ2) is 17.0. The summed E-state index contributed by atoms with van der Waals surface area (Å²) in [5, 5.41) is 45.3. The van der Waals surface area contributed by atoms with Gasteiger partial charge in [0.05, 0.1) is 18.2 Å². The highest BCUT2D eigenvalue weighted by atomic mass is 16.7. The van der Waals surface area contributed by atoms with Crippen molar-refractivity contribution in [2.75, 3.05) is 25.0 Å². The van der Waals surface area contributed by atoms with E-state index in [1.165, 1.54) is 24.3 Å². The van der Waals surface area contributed by atoms with Crippen molar-refractivity contribution in [3.8, 4) is 5.75 Å². The van der Waals surface area contributed by atoms with Gasteiger partial charge in [0.1, 0.15) is 36.8 Å².